The summed E-state index contributed by atoms with van der Waals surface area (Å²) in [6.07, 6.45) is -3.75. The van der Waals surface area contributed by atoms with E-state index in [-0.39, 0.29) is 23.0 Å². The number of thioether (sulfide) groups is 1. The van der Waals surface area contributed by atoms with E-state index >= 15 is 0 Å². The lowest BCUT2D eigenvalue weighted by Gasteiger charge is -2.17. The molecule has 0 aliphatic carbocycles. The van der Waals surface area contributed by atoms with Crippen molar-refractivity contribution in [1.29, 1.82) is 0 Å². The summed E-state index contributed by atoms with van der Waals surface area (Å²) in [6.45, 7) is 4.04. The predicted octanol–water partition coefficient (Wildman–Crippen LogP) is 3.46. The van der Waals surface area contributed by atoms with Gasteiger partial charge in [0.05, 0.1) is 11.7 Å². The first-order valence-electron chi connectivity index (χ1n) is 5.92. The van der Waals surface area contributed by atoms with Crippen LogP contribution in [-0.2, 0) is 6.18 Å². The number of aliphatic hydroxyl groups is 1. The third-order valence-corrected chi connectivity index (χ3v) is 3.43. The zero-order chi connectivity index (χ0) is 14.6. The molecule has 0 saturated carbocycles. The first-order chi connectivity index (χ1) is 8.75. The zero-order valence-electron chi connectivity index (χ0n) is 11.1. The van der Waals surface area contributed by atoms with Gasteiger partial charge in [-0.25, -0.2) is 0 Å². The second-order valence-corrected chi connectivity index (χ2v) is 5.38. The van der Waals surface area contributed by atoms with Gasteiger partial charge in [-0.2, -0.15) is 13.2 Å². The van der Waals surface area contributed by atoms with Crippen molar-refractivity contribution in [3.8, 4) is 0 Å². The molecule has 1 atom stereocenters. The van der Waals surface area contributed by atoms with Crippen molar-refractivity contribution in [1.82, 2.24) is 5.32 Å². The van der Waals surface area contributed by atoms with Crippen molar-refractivity contribution >= 4 is 11.8 Å². The molecule has 0 heterocycles. The van der Waals surface area contributed by atoms with Gasteiger partial charge in [0.15, 0.2) is 0 Å². The summed E-state index contributed by atoms with van der Waals surface area (Å²) in [4.78, 5) is 0.167. The fourth-order valence-electron chi connectivity index (χ4n) is 1.62. The molecule has 1 aromatic rings. The van der Waals surface area contributed by atoms with Crippen LogP contribution in [-0.4, -0.2) is 23.9 Å². The molecule has 6 heteroatoms. The molecule has 0 bridgehead atoms. The highest BCUT2D eigenvalue weighted by molar-refractivity contribution is 7.98. The van der Waals surface area contributed by atoms with Gasteiger partial charge in [-0.3, -0.25) is 0 Å². The maximum atomic E-state index is 12.9. The van der Waals surface area contributed by atoms with Crippen LogP contribution < -0.4 is 5.32 Å². The Morgan fingerprint density at radius 2 is 1.95 bits per heavy atom. The van der Waals surface area contributed by atoms with Crippen molar-refractivity contribution in [3.63, 3.8) is 0 Å². The van der Waals surface area contributed by atoms with Gasteiger partial charge in [0, 0.05) is 17.5 Å². The van der Waals surface area contributed by atoms with E-state index < -0.39 is 17.8 Å². The minimum Gasteiger partial charge on any atom is -0.387 e. The second-order valence-electron chi connectivity index (χ2n) is 4.54. The highest BCUT2D eigenvalue weighted by Gasteiger charge is 2.33. The van der Waals surface area contributed by atoms with Crippen molar-refractivity contribution in [3.05, 3.63) is 29.3 Å². The van der Waals surface area contributed by atoms with Crippen LogP contribution in [0.15, 0.2) is 23.1 Å². The molecule has 19 heavy (non-hydrogen) atoms. The van der Waals surface area contributed by atoms with Crippen molar-refractivity contribution in [2.45, 2.75) is 37.1 Å². The first-order valence-corrected chi connectivity index (χ1v) is 7.14. The summed E-state index contributed by atoms with van der Waals surface area (Å²) in [5.74, 6) is 0. The molecule has 0 radical (unpaired) electrons. The largest absolute Gasteiger partial charge is 0.417 e. The fraction of sp³-hybridized carbons (Fsp3) is 0.538. The van der Waals surface area contributed by atoms with E-state index in [0.717, 1.165) is 17.8 Å². The lowest BCUT2D eigenvalue weighted by molar-refractivity contribution is -0.139. The molecular formula is C13H18F3NOS. The van der Waals surface area contributed by atoms with E-state index in [9.17, 15) is 18.3 Å². The van der Waals surface area contributed by atoms with Gasteiger partial charge >= 0.3 is 6.18 Å². The third kappa shape index (κ3) is 4.71. The number of aliphatic hydroxyl groups excluding tert-OH is 1. The van der Waals surface area contributed by atoms with Crippen molar-refractivity contribution < 1.29 is 18.3 Å². The Hall–Kier alpha value is -0.720. The van der Waals surface area contributed by atoms with E-state index in [0.29, 0.717) is 0 Å². The first kappa shape index (κ1) is 16.3. The normalized spacial score (nSPS) is 13.9. The molecule has 0 aliphatic rings. The zero-order valence-corrected chi connectivity index (χ0v) is 11.9. The number of hydrogen-bond acceptors (Lipinski definition) is 3. The minimum absolute atomic E-state index is 0.167. The lowest BCUT2D eigenvalue weighted by atomic mass is 10.1. The fourth-order valence-corrected chi connectivity index (χ4v) is 2.22. The molecule has 0 spiro atoms. The maximum Gasteiger partial charge on any atom is 0.417 e. The summed E-state index contributed by atoms with van der Waals surface area (Å²) >= 11 is 1.04. The van der Waals surface area contributed by atoms with Gasteiger partial charge in [-0.1, -0.05) is 19.9 Å². The molecule has 1 rings (SSSR count). The monoisotopic (exact) mass is 293 g/mol. The number of benzene rings is 1. The van der Waals surface area contributed by atoms with Crippen molar-refractivity contribution in [2.75, 3.05) is 12.8 Å². The Morgan fingerprint density at radius 3 is 2.42 bits per heavy atom. The lowest BCUT2D eigenvalue weighted by Crippen LogP contribution is -2.28. The quantitative estimate of drug-likeness (QED) is 0.816. The predicted molar refractivity (Wildman–Crippen MR) is 71.3 cm³/mol. The Bertz CT molecular complexity index is 421. The van der Waals surface area contributed by atoms with Gasteiger partial charge in [0.25, 0.3) is 0 Å². The number of halogens is 3. The average molecular weight is 293 g/mol. The summed E-state index contributed by atoms with van der Waals surface area (Å²) in [5, 5.41) is 12.9. The second kappa shape index (κ2) is 6.63. The van der Waals surface area contributed by atoms with Crippen molar-refractivity contribution in [2.24, 2.45) is 0 Å². The smallest absolute Gasteiger partial charge is 0.387 e. The molecular weight excluding hydrogens is 275 g/mol. The van der Waals surface area contributed by atoms with Gasteiger partial charge in [-0.15, -0.1) is 11.8 Å². The Balaban J connectivity index is 2.98. The molecule has 1 aromatic carbocycles. The van der Waals surface area contributed by atoms with Gasteiger partial charge in [0.2, 0.25) is 0 Å². The highest BCUT2D eigenvalue weighted by Crippen LogP contribution is 2.37. The van der Waals surface area contributed by atoms with Gasteiger partial charge in [0.1, 0.15) is 0 Å². The molecule has 2 nitrogen and oxygen atoms in total. The molecule has 0 amide bonds. The maximum absolute atomic E-state index is 12.9. The van der Waals surface area contributed by atoms with Crippen LogP contribution in [0.1, 0.15) is 31.1 Å². The topological polar surface area (TPSA) is 32.3 Å². The molecule has 0 aromatic heterocycles. The van der Waals surface area contributed by atoms with E-state index in [2.05, 4.69) is 5.32 Å². The van der Waals surface area contributed by atoms with Crippen LogP contribution in [0.5, 0.6) is 0 Å². The van der Waals surface area contributed by atoms with Crippen LogP contribution in [0.3, 0.4) is 0 Å². The van der Waals surface area contributed by atoms with Gasteiger partial charge in [-0.05, 0) is 24.0 Å². The van der Waals surface area contributed by atoms with E-state index in [1.165, 1.54) is 12.1 Å². The van der Waals surface area contributed by atoms with E-state index in [1.54, 1.807) is 6.26 Å². The minimum atomic E-state index is -4.40. The summed E-state index contributed by atoms with van der Waals surface area (Å²) in [7, 11) is 0. The van der Waals surface area contributed by atoms with Crippen LogP contribution in [0.25, 0.3) is 0 Å². The summed E-state index contributed by atoms with van der Waals surface area (Å²) in [5.41, 5.74) is -0.417. The SMILES string of the molecule is CSc1ccc(C(O)CNC(C)C)cc1C(F)(F)F. The third-order valence-electron chi connectivity index (χ3n) is 2.63. The van der Waals surface area contributed by atoms with E-state index in [1.807, 2.05) is 13.8 Å². The standard InChI is InChI=1S/C13H18F3NOS/c1-8(2)17-7-11(18)9-4-5-12(19-3)10(6-9)13(14,15)16/h4-6,8,11,17-18H,7H2,1-3H3. The molecule has 0 fully saturated rings. The van der Waals surface area contributed by atoms with Crippen LogP contribution in [0.4, 0.5) is 13.2 Å². The van der Waals surface area contributed by atoms with E-state index in [4.69, 9.17) is 0 Å². The average Bonchev–Trinajstić information content (AvgIpc) is 2.34. The summed E-state index contributed by atoms with van der Waals surface area (Å²) < 4.78 is 38.6. The molecule has 0 saturated heterocycles. The summed E-state index contributed by atoms with van der Waals surface area (Å²) in [6, 6.07) is 4.13. The van der Waals surface area contributed by atoms with Crippen LogP contribution in [0.2, 0.25) is 0 Å². The Morgan fingerprint density at radius 1 is 1.32 bits per heavy atom. The molecule has 0 aliphatic heterocycles. The number of alkyl halides is 3. The molecule has 1 unspecified atom stereocenters. The number of hydrogen-bond donors (Lipinski definition) is 2. The highest BCUT2D eigenvalue weighted by atomic mass is 32.2. The number of rotatable bonds is 5. The number of nitrogens with one attached hydrogen (secondary N) is 1. The molecule has 2 N–H and O–H groups in total. The van der Waals surface area contributed by atoms with Crippen LogP contribution >= 0.6 is 11.8 Å². The Labute approximate surface area is 115 Å². The van der Waals surface area contributed by atoms with Crippen LogP contribution in [0, 0.1) is 0 Å². The Kier molecular flexibility index (Phi) is 5.70. The van der Waals surface area contributed by atoms with Gasteiger partial charge < -0.3 is 10.4 Å². The molecule has 108 valence electrons.